The number of hydrogen-bond acceptors (Lipinski definition) is 2. The molecule has 0 spiro atoms. The summed E-state index contributed by atoms with van der Waals surface area (Å²) in [5.41, 5.74) is 4.30. The first kappa shape index (κ1) is 23.6. The number of nitrogens with one attached hydrogen (secondary N) is 1. The summed E-state index contributed by atoms with van der Waals surface area (Å²) in [7, 11) is 0. The Morgan fingerprint density at radius 2 is 1.67 bits per heavy atom. The van der Waals surface area contributed by atoms with E-state index in [1.54, 1.807) is 12.1 Å². The summed E-state index contributed by atoms with van der Waals surface area (Å²) in [4.78, 5) is 5.88. The fraction of sp³-hybridized carbons (Fsp3) is 0.423. The topological polar surface area (TPSA) is 42.8 Å². The van der Waals surface area contributed by atoms with Crippen molar-refractivity contribution >= 4 is 10.9 Å². The number of aryl methyl sites for hydroxylation is 2. The molecule has 0 aliphatic rings. The SMILES string of the molecule is CCCN(CCC)CCCCc1c[nH]c2ccc(C#N)cc12.Cc1ccc(F)cc1. The van der Waals surface area contributed by atoms with Gasteiger partial charge in [0.05, 0.1) is 11.6 Å². The molecule has 0 atom stereocenters. The molecular weight excluding hydrogens is 373 g/mol. The van der Waals surface area contributed by atoms with Crippen LogP contribution in [-0.4, -0.2) is 29.5 Å². The van der Waals surface area contributed by atoms with Gasteiger partial charge >= 0.3 is 0 Å². The zero-order chi connectivity index (χ0) is 21.8. The van der Waals surface area contributed by atoms with Crippen molar-refractivity contribution in [2.45, 2.75) is 52.9 Å². The third-order valence-corrected chi connectivity index (χ3v) is 5.16. The Bertz CT molecular complexity index is 895. The van der Waals surface area contributed by atoms with E-state index < -0.39 is 0 Å². The van der Waals surface area contributed by atoms with Crippen molar-refractivity contribution in [3.05, 3.63) is 71.2 Å². The van der Waals surface area contributed by atoms with E-state index in [0.29, 0.717) is 0 Å². The van der Waals surface area contributed by atoms with Gasteiger partial charge in [-0.15, -0.1) is 0 Å². The average Bonchev–Trinajstić information content (AvgIpc) is 3.16. The Morgan fingerprint density at radius 1 is 0.967 bits per heavy atom. The summed E-state index contributed by atoms with van der Waals surface area (Å²) in [6.07, 6.45) is 8.10. The van der Waals surface area contributed by atoms with Crippen molar-refractivity contribution in [1.82, 2.24) is 9.88 Å². The van der Waals surface area contributed by atoms with Crippen LogP contribution in [0.15, 0.2) is 48.7 Å². The van der Waals surface area contributed by atoms with Crippen LogP contribution in [0.1, 0.15) is 56.2 Å². The van der Waals surface area contributed by atoms with Crippen molar-refractivity contribution < 1.29 is 4.39 Å². The summed E-state index contributed by atoms with van der Waals surface area (Å²) < 4.78 is 12.1. The normalized spacial score (nSPS) is 10.7. The number of nitriles is 1. The maximum atomic E-state index is 12.1. The van der Waals surface area contributed by atoms with E-state index in [9.17, 15) is 4.39 Å². The van der Waals surface area contributed by atoms with Gasteiger partial charge in [0.15, 0.2) is 0 Å². The predicted octanol–water partition coefficient (Wildman–Crippen LogP) is 6.62. The van der Waals surface area contributed by atoms with Gasteiger partial charge in [0, 0.05) is 17.1 Å². The summed E-state index contributed by atoms with van der Waals surface area (Å²) >= 11 is 0. The lowest BCUT2D eigenvalue weighted by molar-refractivity contribution is 0.269. The first-order valence-corrected chi connectivity index (χ1v) is 11.0. The third-order valence-electron chi connectivity index (χ3n) is 5.16. The maximum Gasteiger partial charge on any atom is 0.123 e. The van der Waals surface area contributed by atoms with E-state index in [1.165, 1.54) is 68.4 Å². The van der Waals surface area contributed by atoms with E-state index in [2.05, 4.69) is 36.0 Å². The van der Waals surface area contributed by atoms with Crippen molar-refractivity contribution in [2.75, 3.05) is 19.6 Å². The molecule has 3 aromatic rings. The molecule has 3 rings (SSSR count). The summed E-state index contributed by atoms with van der Waals surface area (Å²) in [5.74, 6) is -0.171. The van der Waals surface area contributed by atoms with Gasteiger partial charge in [-0.1, -0.05) is 31.5 Å². The zero-order valence-corrected chi connectivity index (χ0v) is 18.5. The maximum absolute atomic E-state index is 12.1. The number of H-pyrrole nitrogens is 1. The second kappa shape index (κ2) is 12.8. The van der Waals surface area contributed by atoms with Crippen LogP contribution in [0.3, 0.4) is 0 Å². The number of benzene rings is 2. The average molecular weight is 408 g/mol. The Balaban J connectivity index is 0.000000335. The number of hydrogen-bond donors (Lipinski definition) is 1. The number of aromatic amines is 1. The quantitative estimate of drug-likeness (QED) is 0.405. The fourth-order valence-electron chi connectivity index (χ4n) is 3.61. The minimum Gasteiger partial charge on any atom is -0.361 e. The van der Waals surface area contributed by atoms with E-state index in [0.717, 1.165) is 23.1 Å². The lowest BCUT2D eigenvalue weighted by atomic mass is 10.1. The Kier molecular flexibility index (Phi) is 10.1. The van der Waals surface area contributed by atoms with Gasteiger partial charge in [-0.3, -0.25) is 0 Å². The highest BCUT2D eigenvalue weighted by Crippen LogP contribution is 2.21. The highest BCUT2D eigenvalue weighted by Gasteiger charge is 2.06. The fourth-order valence-corrected chi connectivity index (χ4v) is 3.61. The van der Waals surface area contributed by atoms with Crippen LogP contribution in [0.4, 0.5) is 4.39 Å². The molecule has 4 heteroatoms. The minimum absolute atomic E-state index is 0.171. The molecule has 2 aromatic carbocycles. The molecule has 160 valence electrons. The van der Waals surface area contributed by atoms with Gasteiger partial charge < -0.3 is 9.88 Å². The number of halogens is 1. The molecule has 0 fully saturated rings. The molecule has 1 N–H and O–H groups in total. The molecule has 0 saturated heterocycles. The Hall–Kier alpha value is -2.64. The highest BCUT2D eigenvalue weighted by atomic mass is 19.1. The van der Waals surface area contributed by atoms with E-state index in [-0.39, 0.29) is 5.82 Å². The number of unbranched alkanes of at least 4 members (excludes halogenated alkanes) is 1. The van der Waals surface area contributed by atoms with Gasteiger partial charge in [0.1, 0.15) is 5.82 Å². The largest absolute Gasteiger partial charge is 0.361 e. The smallest absolute Gasteiger partial charge is 0.123 e. The van der Waals surface area contributed by atoms with Crippen LogP contribution >= 0.6 is 0 Å². The van der Waals surface area contributed by atoms with Gasteiger partial charge in [0.2, 0.25) is 0 Å². The van der Waals surface area contributed by atoms with Crippen molar-refractivity contribution in [3.63, 3.8) is 0 Å². The Labute approximate surface area is 180 Å². The van der Waals surface area contributed by atoms with Gasteiger partial charge in [-0.25, -0.2) is 4.39 Å². The molecule has 0 bridgehead atoms. The third kappa shape index (κ3) is 7.65. The standard InChI is InChI=1S/C19H27N3.C7H7F/c1-3-10-22(11-4-2)12-6-5-7-17-15-21-19-9-8-16(14-20)13-18(17)19;1-6-2-4-7(8)5-3-6/h8-9,13,15,21H,3-7,10-12H2,1-2H3;2-5H,1H3. The van der Waals surface area contributed by atoms with E-state index >= 15 is 0 Å². The summed E-state index contributed by atoms with van der Waals surface area (Å²) in [6, 6.07) is 14.5. The van der Waals surface area contributed by atoms with Crippen molar-refractivity contribution in [1.29, 1.82) is 5.26 Å². The minimum atomic E-state index is -0.171. The highest BCUT2D eigenvalue weighted by molar-refractivity contribution is 5.84. The molecule has 0 aliphatic carbocycles. The van der Waals surface area contributed by atoms with Crippen LogP contribution in [0, 0.1) is 24.1 Å². The van der Waals surface area contributed by atoms with Gasteiger partial charge in [-0.2, -0.15) is 5.26 Å². The molecule has 0 unspecified atom stereocenters. The monoisotopic (exact) mass is 407 g/mol. The lowest BCUT2D eigenvalue weighted by Crippen LogP contribution is -2.26. The van der Waals surface area contributed by atoms with Crippen LogP contribution in [0.5, 0.6) is 0 Å². The molecule has 1 heterocycles. The first-order valence-electron chi connectivity index (χ1n) is 11.0. The molecule has 0 aliphatic heterocycles. The number of aromatic nitrogens is 1. The number of fused-ring (bicyclic) bond motifs is 1. The lowest BCUT2D eigenvalue weighted by Gasteiger charge is -2.20. The van der Waals surface area contributed by atoms with E-state index in [4.69, 9.17) is 5.26 Å². The molecular formula is C26H34FN3. The van der Waals surface area contributed by atoms with Gasteiger partial charge in [-0.05, 0) is 94.6 Å². The van der Waals surface area contributed by atoms with Crippen molar-refractivity contribution in [2.24, 2.45) is 0 Å². The second-order valence-corrected chi connectivity index (χ2v) is 7.78. The van der Waals surface area contributed by atoms with Crippen LogP contribution in [0.2, 0.25) is 0 Å². The molecule has 0 radical (unpaired) electrons. The molecule has 0 saturated carbocycles. The molecule has 3 nitrogen and oxygen atoms in total. The van der Waals surface area contributed by atoms with Crippen LogP contribution in [0.25, 0.3) is 10.9 Å². The second-order valence-electron chi connectivity index (χ2n) is 7.78. The molecule has 0 amide bonds. The summed E-state index contributed by atoms with van der Waals surface area (Å²) in [6.45, 7) is 10.1. The Morgan fingerprint density at radius 3 is 2.27 bits per heavy atom. The summed E-state index contributed by atoms with van der Waals surface area (Å²) in [5, 5.41) is 10.2. The van der Waals surface area contributed by atoms with Gasteiger partial charge in [0.25, 0.3) is 0 Å². The van der Waals surface area contributed by atoms with Crippen molar-refractivity contribution in [3.8, 4) is 6.07 Å². The first-order chi connectivity index (χ1) is 14.6. The zero-order valence-electron chi connectivity index (χ0n) is 18.5. The van der Waals surface area contributed by atoms with Crippen LogP contribution < -0.4 is 0 Å². The van der Waals surface area contributed by atoms with Crippen LogP contribution in [-0.2, 0) is 6.42 Å². The van der Waals surface area contributed by atoms with E-state index in [1.807, 2.05) is 25.1 Å². The molecule has 1 aromatic heterocycles. The number of rotatable bonds is 9. The molecule has 30 heavy (non-hydrogen) atoms. The predicted molar refractivity (Wildman–Crippen MR) is 124 cm³/mol. The number of nitrogens with zero attached hydrogens (tertiary/aromatic N) is 2.